The van der Waals surface area contributed by atoms with Crippen molar-refractivity contribution in [1.29, 1.82) is 0 Å². The van der Waals surface area contributed by atoms with Crippen molar-refractivity contribution >= 4 is 28.9 Å². The zero-order chi connectivity index (χ0) is 26.1. The summed E-state index contributed by atoms with van der Waals surface area (Å²) in [5.41, 5.74) is 4.60. The van der Waals surface area contributed by atoms with Gasteiger partial charge >= 0.3 is 0 Å². The predicted molar refractivity (Wildman–Crippen MR) is 149 cm³/mol. The number of aliphatic imine (C=N–C) groups is 1. The zero-order valence-electron chi connectivity index (χ0n) is 21.8. The van der Waals surface area contributed by atoms with Crippen molar-refractivity contribution < 1.29 is 14.3 Å². The van der Waals surface area contributed by atoms with Gasteiger partial charge in [-0.3, -0.25) is 4.79 Å². The van der Waals surface area contributed by atoms with Crippen molar-refractivity contribution in [3.63, 3.8) is 0 Å². The summed E-state index contributed by atoms with van der Waals surface area (Å²) in [5, 5.41) is 5.66. The lowest BCUT2D eigenvalue weighted by molar-refractivity contribution is -0.113. The molecule has 8 heteroatoms. The minimum Gasteiger partial charge on any atom is -0.491 e. The van der Waals surface area contributed by atoms with Gasteiger partial charge in [0.25, 0.3) is 5.91 Å². The number of rotatable bonds is 5. The quantitative estimate of drug-likeness (QED) is 0.405. The van der Waals surface area contributed by atoms with Crippen LogP contribution >= 0.6 is 11.8 Å². The topological polar surface area (TPSA) is 69.0 Å². The van der Waals surface area contributed by atoms with Gasteiger partial charge in [-0.15, -0.1) is 0 Å². The van der Waals surface area contributed by atoms with E-state index in [0.29, 0.717) is 4.91 Å². The maximum atomic E-state index is 12.9. The fourth-order valence-corrected chi connectivity index (χ4v) is 5.54. The summed E-state index contributed by atoms with van der Waals surface area (Å²) in [6.45, 7) is 11.6. The van der Waals surface area contributed by atoms with Gasteiger partial charge in [0, 0.05) is 30.4 Å². The van der Waals surface area contributed by atoms with Crippen molar-refractivity contribution in [3.05, 3.63) is 70.8 Å². The SMILES string of the molecule is Cc1cc(-c2nn(-c3ccccc3)cc2/C=C2\SC(N3C[C@@H](C)O[C@H](C)C3)=NC2=O)ccc1OC(C)C. The molecule has 0 N–H and O–H groups in total. The van der Waals surface area contributed by atoms with Crippen LogP contribution in [0.2, 0.25) is 0 Å². The van der Waals surface area contributed by atoms with Gasteiger partial charge in [-0.05, 0) is 88.4 Å². The molecule has 3 heterocycles. The van der Waals surface area contributed by atoms with Crippen molar-refractivity contribution in [3.8, 4) is 22.7 Å². The third kappa shape index (κ3) is 5.65. The van der Waals surface area contributed by atoms with E-state index in [0.717, 1.165) is 52.1 Å². The van der Waals surface area contributed by atoms with E-state index in [4.69, 9.17) is 14.6 Å². The molecule has 2 atom stereocenters. The summed E-state index contributed by atoms with van der Waals surface area (Å²) in [5.74, 6) is 0.636. The van der Waals surface area contributed by atoms with Crippen LogP contribution in [-0.2, 0) is 9.53 Å². The average Bonchev–Trinajstić information content (AvgIpc) is 3.44. The van der Waals surface area contributed by atoms with Crippen LogP contribution in [0.1, 0.15) is 38.8 Å². The Morgan fingerprint density at radius 1 is 1.11 bits per heavy atom. The first kappa shape index (κ1) is 25.3. The van der Waals surface area contributed by atoms with Crippen LogP contribution < -0.4 is 4.74 Å². The lowest BCUT2D eigenvalue weighted by Crippen LogP contribution is -2.47. The first-order chi connectivity index (χ1) is 17.8. The number of hydrogen-bond acceptors (Lipinski definition) is 6. The first-order valence-corrected chi connectivity index (χ1v) is 13.4. The Morgan fingerprint density at radius 2 is 1.84 bits per heavy atom. The number of amidine groups is 1. The molecule has 2 aliphatic heterocycles. The van der Waals surface area contributed by atoms with E-state index in [2.05, 4.69) is 16.0 Å². The number of nitrogens with zero attached hydrogens (tertiary/aromatic N) is 4. The van der Waals surface area contributed by atoms with E-state index < -0.39 is 0 Å². The normalized spacial score (nSPS) is 21.1. The maximum absolute atomic E-state index is 12.9. The molecule has 1 aromatic heterocycles. The van der Waals surface area contributed by atoms with Crippen LogP contribution in [0.25, 0.3) is 23.0 Å². The third-order valence-corrected chi connectivity index (χ3v) is 7.20. The molecule has 37 heavy (non-hydrogen) atoms. The highest BCUT2D eigenvalue weighted by atomic mass is 32.2. The number of morpholine rings is 1. The second-order valence-electron chi connectivity index (χ2n) is 9.83. The van der Waals surface area contributed by atoms with Crippen LogP contribution in [0.15, 0.2) is 64.6 Å². The fraction of sp³-hybridized carbons (Fsp3) is 0.345. The van der Waals surface area contributed by atoms with Gasteiger partial charge in [-0.25, -0.2) is 4.68 Å². The molecule has 0 spiro atoms. The highest BCUT2D eigenvalue weighted by Crippen LogP contribution is 2.35. The number of thioether (sulfide) groups is 1. The summed E-state index contributed by atoms with van der Waals surface area (Å²) in [7, 11) is 0. The van der Waals surface area contributed by atoms with E-state index in [1.54, 1.807) is 0 Å². The summed E-state index contributed by atoms with van der Waals surface area (Å²) >= 11 is 1.42. The highest BCUT2D eigenvalue weighted by molar-refractivity contribution is 8.18. The zero-order valence-corrected chi connectivity index (χ0v) is 22.7. The number of aromatic nitrogens is 2. The fourth-order valence-electron chi connectivity index (χ4n) is 4.62. The maximum Gasteiger partial charge on any atom is 0.286 e. The molecule has 2 aliphatic rings. The Bertz CT molecular complexity index is 1350. The number of benzene rings is 2. The van der Waals surface area contributed by atoms with Gasteiger partial charge in [0.15, 0.2) is 5.17 Å². The smallest absolute Gasteiger partial charge is 0.286 e. The van der Waals surface area contributed by atoms with Crippen LogP contribution in [0, 0.1) is 6.92 Å². The monoisotopic (exact) mass is 516 g/mol. The molecule has 2 aromatic carbocycles. The number of para-hydroxylation sites is 1. The highest BCUT2D eigenvalue weighted by Gasteiger charge is 2.31. The summed E-state index contributed by atoms with van der Waals surface area (Å²) < 4.78 is 13.6. The van der Waals surface area contributed by atoms with Crippen molar-refractivity contribution in [2.24, 2.45) is 4.99 Å². The first-order valence-electron chi connectivity index (χ1n) is 12.6. The minimum atomic E-state index is -0.220. The number of amides is 1. The van der Waals surface area contributed by atoms with Crippen LogP contribution in [-0.4, -0.2) is 57.2 Å². The van der Waals surface area contributed by atoms with Gasteiger partial charge in [0.2, 0.25) is 0 Å². The van der Waals surface area contributed by atoms with Gasteiger partial charge < -0.3 is 14.4 Å². The molecular weight excluding hydrogens is 484 g/mol. The van der Waals surface area contributed by atoms with E-state index in [1.807, 2.05) is 94.0 Å². The molecule has 1 saturated heterocycles. The van der Waals surface area contributed by atoms with E-state index in [-0.39, 0.29) is 24.2 Å². The Morgan fingerprint density at radius 3 is 2.51 bits per heavy atom. The average molecular weight is 517 g/mol. The molecule has 7 nitrogen and oxygen atoms in total. The molecule has 0 radical (unpaired) electrons. The number of carbonyl (C=O) groups is 1. The summed E-state index contributed by atoms with van der Waals surface area (Å²) in [4.78, 5) is 20.1. The van der Waals surface area contributed by atoms with Gasteiger partial charge in [0.1, 0.15) is 11.4 Å². The van der Waals surface area contributed by atoms with Crippen molar-refractivity contribution in [2.75, 3.05) is 13.1 Å². The van der Waals surface area contributed by atoms with Crippen LogP contribution in [0.4, 0.5) is 0 Å². The predicted octanol–water partition coefficient (Wildman–Crippen LogP) is 5.71. The second-order valence-corrected chi connectivity index (χ2v) is 10.8. The van der Waals surface area contributed by atoms with Crippen LogP contribution in [0.5, 0.6) is 5.75 Å². The minimum absolute atomic E-state index is 0.0942. The number of aryl methyl sites for hydroxylation is 1. The molecule has 5 rings (SSSR count). The molecular formula is C29H32N4O3S. The largest absolute Gasteiger partial charge is 0.491 e. The lowest BCUT2D eigenvalue weighted by atomic mass is 10.0. The van der Waals surface area contributed by atoms with Crippen LogP contribution in [0.3, 0.4) is 0 Å². The molecule has 1 amide bonds. The summed E-state index contributed by atoms with van der Waals surface area (Å²) in [6.07, 6.45) is 4.16. The second kappa shape index (κ2) is 10.6. The number of carbonyl (C=O) groups excluding carboxylic acids is 1. The van der Waals surface area contributed by atoms with Crippen molar-refractivity contribution in [1.82, 2.24) is 14.7 Å². The molecule has 1 fully saturated rings. The Hall–Kier alpha value is -3.36. The third-order valence-electron chi connectivity index (χ3n) is 6.16. The molecule has 0 saturated carbocycles. The molecule has 192 valence electrons. The molecule has 0 aliphatic carbocycles. The Balaban J connectivity index is 1.50. The van der Waals surface area contributed by atoms with Crippen molar-refractivity contribution in [2.45, 2.75) is 52.9 Å². The van der Waals surface area contributed by atoms with E-state index >= 15 is 0 Å². The molecule has 0 bridgehead atoms. The number of hydrogen-bond donors (Lipinski definition) is 0. The molecule has 0 unspecified atom stereocenters. The molecule has 3 aromatic rings. The lowest BCUT2D eigenvalue weighted by Gasteiger charge is -2.35. The van der Waals surface area contributed by atoms with Gasteiger partial charge in [0.05, 0.1) is 28.9 Å². The Kier molecular flexibility index (Phi) is 7.22. The van der Waals surface area contributed by atoms with E-state index in [9.17, 15) is 4.79 Å². The van der Waals surface area contributed by atoms with Gasteiger partial charge in [-0.1, -0.05) is 18.2 Å². The summed E-state index contributed by atoms with van der Waals surface area (Å²) in [6, 6.07) is 16.1. The Labute approximate surface area is 222 Å². The number of ether oxygens (including phenoxy) is 2. The van der Waals surface area contributed by atoms with Gasteiger partial charge in [-0.2, -0.15) is 10.1 Å². The standard InChI is InChI=1S/C29H32N4O3S/c1-18(2)35-25-12-11-22(13-19(25)3)27-23(17-33(31-27)24-9-7-6-8-10-24)14-26-28(34)30-29(37-26)32-15-20(4)36-21(5)16-32/h6-14,17-18,20-21H,15-16H2,1-5H3/b26-14-/t20-,21-/m1/s1. The van der Waals surface area contributed by atoms with E-state index in [1.165, 1.54) is 11.8 Å².